The van der Waals surface area contributed by atoms with Crippen LogP contribution >= 0.6 is 11.3 Å². The second-order valence-electron chi connectivity index (χ2n) is 2.38. The van der Waals surface area contributed by atoms with Crippen LogP contribution in [0.15, 0.2) is 16.5 Å². The third-order valence-corrected chi connectivity index (χ3v) is 2.29. The van der Waals surface area contributed by atoms with Gasteiger partial charge in [0.05, 0.1) is 11.9 Å². The molecule has 0 amide bonds. The van der Waals surface area contributed by atoms with Gasteiger partial charge in [-0.1, -0.05) is 11.3 Å². The monoisotopic (exact) mass is 198 g/mol. The van der Waals surface area contributed by atoms with Crippen molar-refractivity contribution in [1.82, 2.24) is 19.7 Å². The molecule has 2 aromatic heterocycles. The molecule has 0 saturated heterocycles. The highest BCUT2D eigenvalue weighted by molar-refractivity contribution is 7.07. The maximum Gasteiger partial charge on any atom is 0.310 e. The maximum absolute atomic E-state index is 11.1. The molecule has 0 atom stereocenters. The molecule has 0 aliphatic heterocycles. The average molecular weight is 198 g/mol. The summed E-state index contributed by atoms with van der Waals surface area (Å²) in [5.41, 5.74) is 0. The summed E-state index contributed by atoms with van der Waals surface area (Å²) in [6.45, 7) is 0.216. The largest absolute Gasteiger partial charge is 0.494 e. The molecule has 0 aliphatic carbocycles. The standard InChI is InChI=1S/C6H6N4O2S/c11-5-2-13-6(12)10(5)1-4-7-3-8-9-4/h2-3,11H,1H2,(H,7,8,9). The van der Waals surface area contributed by atoms with E-state index in [1.165, 1.54) is 16.3 Å². The van der Waals surface area contributed by atoms with Gasteiger partial charge in [0.25, 0.3) is 0 Å². The van der Waals surface area contributed by atoms with Crippen molar-refractivity contribution < 1.29 is 5.11 Å². The molecule has 0 spiro atoms. The molecule has 0 fully saturated rings. The second kappa shape index (κ2) is 3.02. The van der Waals surface area contributed by atoms with Crippen LogP contribution in [0, 0.1) is 0 Å². The molecule has 68 valence electrons. The Labute approximate surface area is 76.5 Å². The highest BCUT2D eigenvalue weighted by Gasteiger charge is 2.06. The van der Waals surface area contributed by atoms with Gasteiger partial charge < -0.3 is 5.11 Å². The third kappa shape index (κ3) is 1.45. The zero-order valence-corrected chi connectivity index (χ0v) is 7.28. The van der Waals surface area contributed by atoms with E-state index >= 15 is 0 Å². The molecule has 0 aliphatic rings. The Kier molecular flexibility index (Phi) is 1.85. The van der Waals surface area contributed by atoms with E-state index in [0.29, 0.717) is 5.82 Å². The summed E-state index contributed by atoms with van der Waals surface area (Å²) < 4.78 is 1.21. The number of hydrogen-bond donors (Lipinski definition) is 2. The quantitative estimate of drug-likeness (QED) is 0.698. The molecule has 2 heterocycles. The number of aromatic hydroxyl groups is 1. The van der Waals surface area contributed by atoms with Gasteiger partial charge in [-0.15, -0.1) is 0 Å². The van der Waals surface area contributed by atoms with Crippen molar-refractivity contribution in [3.63, 3.8) is 0 Å². The van der Waals surface area contributed by atoms with Crippen LogP contribution in [0.5, 0.6) is 5.88 Å². The van der Waals surface area contributed by atoms with Gasteiger partial charge in [-0.3, -0.25) is 14.5 Å². The summed E-state index contributed by atoms with van der Waals surface area (Å²) in [6.07, 6.45) is 1.35. The van der Waals surface area contributed by atoms with Gasteiger partial charge in [0.2, 0.25) is 5.88 Å². The maximum atomic E-state index is 11.1. The molecule has 0 aromatic carbocycles. The Bertz CT molecular complexity index is 443. The lowest BCUT2D eigenvalue weighted by Crippen LogP contribution is -2.14. The third-order valence-electron chi connectivity index (χ3n) is 1.53. The molecule has 0 radical (unpaired) electrons. The first-order valence-electron chi connectivity index (χ1n) is 3.49. The van der Waals surface area contributed by atoms with E-state index in [2.05, 4.69) is 15.2 Å². The molecule has 7 heteroatoms. The van der Waals surface area contributed by atoms with Crippen LogP contribution in [0.1, 0.15) is 5.82 Å². The van der Waals surface area contributed by atoms with Gasteiger partial charge in [-0.2, -0.15) is 5.10 Å². The minimum atomic E-state index is -0.214. The fourth-order valence-corrected chi connectivity index (χ4v) is 1.54. The van der Waals surface area contributed by atoms with Crippen molar-refractivity contribution in [2.24, 2.45) is 0 Å². The first-order chi connectivity index (χ1) is 6.27. The Balaban J connectivity index is 2.33. The van der Waals surface area contributed by atoms with E-state index in [9.17, 15) is 9.90 Å². The predicted molar refractivity (Wildman–Crippen MR) is 45.7 cm³/mol. The van der Waals surface area contributed by atoms with Crippen LogP contribution in [-0.4, -0.2) is 24.9 Å². The van der Waals surface area contributed by atoms with E-state index < -0.39 is 0 Å². The van der Waals surface area contributed by atoms with Gasteiger partial charge in [0.1, 0.15) is 12.2 Å². The molecule has 0 unspecified atom stereocenters. The zero-order valence-electron chi connectivity index (χ0n) is 6.47. The smallest absolute Gasteiger partial charge is 0.310 e. The second-order valence-corrected chi connectivity index (χ2v) is 3.20. The number of aromatic nitrogens is 4. The van der Waals surface area contributed by atoms with Gasteiger partial charge in [-0.25, -0.2) is 4.98 Å². The Hall–Kier alpha value is -1.63. The van der Waals surface area contributed by atoms with Gasteiger partial charge in [0.15, 0.2) is 0 Å². The van der Waals surface area contributed by atoms with Crippen LogP contribution in [0.25, 0.3) is 0 Å². The number of rotatable bonds is 2. The van der Waals surface area contributed by atoms with Gasteiger partial charge >= 0.3 is 4.87 Å². The fraction of sp³-hybridized carbons (Fsp3) is 0.167. The van der Waals surface area contributed by atoms with E-state index in [0.717, 1.165) is 11.3 Å². The van der Waals surface area contributed by atoms with Crippen LogP contribution < -0.4 is 4.87 Å². The van der Waals surface area contributed by atoms with Gasteiger partial charge in [0, 0.05) is 0 Å². The van der Waals surface area contributed by atoms with Crippen molar-refractivity contribution >= 4 is 11.3 Å². The Morgan fingerprint density at radius 1 is 1.69 bits per heavy atom. The minimum absolute atomic E-state index is 0.0496. The molecule has 2 aromatic rings. The van der Waals surface area contributed by atoms with Crippen LogP contribution in [0.2, 0.25) is 0 Å². The summed E-state index contributed by atoms with van der Waals surface area (Å²) in [6, 6.07) is 0. The van der Waals surface area contributed by atoms with Crippen molar-refractivity contribution in [2.75, 3.05) is 0 Å². The number of nitrogens with one attached hydrogen (secondary N) is 1. The Morgan fingerprint density at radius 2 is 2.54 bits per heavy atom. The lowest BCUT2D eigenvalue weighted by molar-refractivity contribution is 0.419. The van der Waals surface area contributed by atoms with Crippen molar-refractivity contribution in [2.45, 2.75) is 6.54 Å². The first-order valence-corrected chi connectivity index (χ1v) is 4.37. The van der Waals surface area contributed by atoms with E-state index in [-0.39, 0.29) is 17.3 Å². The highest BCUT2D eigenvalue weighted by atomic mass is 32.1. The minimum Gasteiger partial charge on any atom is -0.494 e. The molecule has 2 rings (SSSR count). The molecule has 0 bridgehead atoms. The zero-order chi connectivity index (χ0) is 9.26. The van der Waals surface area contributed by atoms with Crippen molar-refractivity contribution in [1.29, 1.82) is 0 Å². The Morgan fingerprint density at radius 3 is 3.08 bits per heavy atom. The summed E-state index contributed by atoms with van der Waals surface area (Å²) in [7, 11) is 0. The fourth-order valence-electron chi connectivity index (χ4n) is 0.926. The van der Waals surface area contributed by atoms with E-state index in [1.54, 1.807) is 0 Å². The van der Waals surface area contributed by atoms with Crippen LogP contribution in [0.3, 0.4) is 0 Å². The SMILES string of the molecule is O=c1scc(O)n1Cc1ncn[nH]1. The van der Waals surface area contributed by atoms with Crippen LogP contribution in [-0.2, 0) is 6.54 Å². The van der Waals surface area contributed by atoms with Gasteiger partial charge in [-0.05, 0) is 0 Å². The summed E-state index contributed by atoms with van der Waals surface area (Å²) >= 11 is 0.948. The predicted octanol–water partition coefficient (Wildman–Crippen LogP) is -0.218. The molecule has 0 saturated carbocycles. The first kappa shape index (κ1) is 7.99. The number of nitrogens with zero attached hydrogens (tertiary/aromatic N) is 3. The van der Waals surface area contributed by atoms with Crippen LogP contribution in [0.4, 0.5) is 0 Å². The number of H-pyrrole nitrogens is 1. The van der Waals surface area contributed by atoms with Crippen molar-refractivity contribution in [3.8, 4) is 5.88 Å². The molecular weight excluding hydrogens is 192 g/mol. The topological polar surface area (TPSA) is 83.8 Å². The number of thiazole rings is 1. The summed E-state index contributed by atoms with van der Waals surface area (Å²) in [4.78, 5) is 14.8. The molecule has 6 nitrogen and oxygen atoms in total. The van der Waals surface area contributed by atoms with E-state index in [1.807, 2.05) is 0 Å². The summed E-state index contributed by atoms with van der Waals surface area (Å²) in [5.74, 6) is 0.488. The number of hydrogen-bond acceptors (Lipinski definition) is 5. The lowest BCUT2D eigenvalue weighted by Gasteiger charge is -1.97. The van der Waals surface area contributed by atoms with E-state index in [4.69, 9.17) is 0 Å². The number of aromatic amines is 1. The van der Waals surface area contributed by atoms with Crippen molar-refractivity contribution in [3.05, 3.63) is 27.2 Å². The average Bonchev–Trinajstić information content (AvgIpc) is 2.70. The normalized spacial score (nSPS) is 10.5. The summed E-state index contributed by atoms with van der Waals surface area (Å²) in [5, 5.41) is 16.9. The highest BCUT2D eigenvalue weighted by Crippen LogP contribution is 2.09. The molecular formula is C6H6N4O2S. The lowest BCUT2D eigenvalue weighted by atomic mass is 10.6. The molecule has 13 heavy (non-hydrogen) atoms. The molecule has 2 N–H and O–H groups in total.